The summed E-state index contributed by atoms with van der Waals surface area (Å²) in [6, 6.07) is 5.36. The Hall–Kier alpha value is -3.56. The number of fused-ring (bicyclic) bond motifs is 1. The molecular weight excluding hydrogens is 381 g/mol. The van der Waals surface area contributed by atoms with Gasteiger partial charge in [-0.2, -0.15) is 4.98 Å². The number of aryl methyl sites for hydroxylation is 1. The predicted molar refractivity (Wildman–Crippen MR) is 96.7 cm³/mol. The van der Waals surface area contributed by atoms with E-state index in [9.17, 15) is 14.0 Å². The van der Waals surface area contributed by atoms with Gasteiger partial charge in [0.25, 0.3) is 0 Å². The van der Waals surface area contributed by atoms with Gasteiger partial charge in [0.05, 0.1) is 36.9 Å². The number of amides is 1. The molecule has 1 amide bonds. The molecule has 0 saturated carbocycles. The first-order valence-corrected chi connectivity index (χ1v) is 9.02. The van der Waals surface area contributed by atoms with Gasteiger partial charge in [0.1, 0.15) is 11.9 Å². The third kappa shape index (κ3) is 3.73. The molecule has 150 valence electrons. The van der Waals surface area contributed by atoms with Crippen molar-refractivity contribution in [3.63, 3.8) is 0 Å². The van der Waals surface area contributed by atoms with Gasteiger partial charge >= 0.3 is 5.97 Å². The molecule has 0 bridgehead atoms. The number of imidazole rings is 1. The summed E-state index contributed by atoms with van der Waals surface area (Å²) in [7, 11) is 1.29. The first kappa shape index (κ1) is 18.8. The van der Waals surface area contributed by atoms with Crippen molar-refractivity contribution >= 4 is 11.9 Å². The number of methoxy groups -OCH3 is 1. The van der Waals surface area contributed by atoms with E-state index >= 15 is 0 Å². The molecule has 4 rings (SSSR count). The number of benzene rings is 1. The van der Waals surface area contributed by atoms with Crippen molar-refractivity contribution in [1.29, 1.82) is 0 Å². The highest BCUT2D eigenvalue weighted by molar-refractivity contribution is 5.85. The van der Waals surface area contributed by atoms with Crippen LogP contribution in [-0.4, -0.2) is 50.0 Å². The topological polar surface area (TPSA) is 114 Å². The number of hydrogen-bond donors (Lipinski definition) is 1. The minimum atomic E-state index is -0.736. The van der Waals surface area contributed by atoms with Crippen molar-refractivity contribution in [2.24, 2.45) is 0 Å². The van der Waals surface area contributed by atoms with E-state index in [1.165, 1.54) is 24.4 Å². The predicted octanol–water partition coefficient (Wildman–Crippen LogP) is 1.66. The maximum atomic E-state index is 13.9. The molecule has 1 aliphatic heterocycles. The quantitative estimate of drug-likeness (QED) is 0.649. The fourth-order valence-corrected chi connectivity index (χ4v) is 3.31. The lowest BCUT2D eigenvalue weighted by Gasteiger charge is -2.33. The normalized spacial score (nSPS) is 15.8. The molecule has 0 fully saturated rings. The summed E-state index contributed by atoms with van der Waals surface area (Å²) in [5, 5.41) is 3.78. The molecule has 2 aromatic heterocycles. The fourth-order valence-electron chi connectivity index (χ4n) is 3.31. The molecule has 3 aromatic rings. The van der Waals surface area contributed by atoms with Gasteiger partial charge in [-0.1, -0.05) is 17.3 Å². The second kappa shape index (κ2) is 7.82. The number of nitrogens with zero attached hydrogens (tertiary/aromatic N) is 4. The van der Waals surface area contributed by atoms with Crippen LogP contribution in [0.5, 0.6) is 0 Å². The minimum Gasteiger partial charge on any atom is -0.467 e. The standard InChI is InChI=1S/C19H18FN5O4/c1-28-19(27)15-8-13-14(22-10-21-13)9-25(15)17(26)7-6-16-23-18(24-29-16)11-4-2-3-5-12(11)20/h2-5,10,15H,6-9H2,1H3,(H,21,22)/t15-/m0/s1. The Morgan fingerprint density at radius 2 is 2.21 bits per heavy atom. The van der Waals surface area contributed by atoms with Crippen molar-refractivity contribution in [2.45, 2.75) is 31.8 Å². The Kier molecular flexibility index (Phi) is 5.07. The number of carbonyl (C=O) groups excluding carboxylic acids is 2. The molecular formula is C19H18FN5O4. The number of aromatic amines is 1. The van der Waals surface area contributed by atoms with Crippen LogP contribution >= 0.6 is 0 Å². The van der Waals surface area contributed by atoms with Crippen molar-refractivity contribution < 1.29 is 23.2 Å². The smallest absolute Gasteiger partial charge is 0.329 e. The van der Waals surface area contributed by atoms with Crippen LogP contribution in [0.4, 0.5) is 4.39 Å². The number of rotatable bonds is 5. The van der Waals surface area contributed by atoms with Gasteiger partial charge in [-0.15, -0.1) is 0 Å². The first-order chi connectivity index (χ1) is 14.1. The molecule has 3 heterocycles. The molecule has 0 spiro atoms. The van der Waals surface area contributed by atoms with Crippen LogP contribution in [0.2, 0.25) is 0 Å². The highest BCUT2D eigenvalue weighted by Gasteiger charge is 2.36. The number of esters is 1. The van der Waals surface area contributed by atoms with E-state index < -0.39 is 17.8 Å². The third-order valence-electron chi connectivity index (χ3n) is 4.83. The monoisotopic (exact) mass is 399 g/mol. The maximum Gasteiger partial charge on any atom is 0.329 e. The molecule has 0 saturated heterocycles. The lowest BCUT2D eigenvalue weighted by atomic mass is 10.0. The number of halogens is 1. The summed E-state index contributed by atoms with van der Waals surface area (Å²) in [6.07, 6.45) is 2.04. The Labute approximate surface area is 164 Å². The molecule has 29 heavy (non-hydrogen) atoms. The number of ether oxygens (including phenoxy) is 1. The highest BCUT2D eigenvalue weighted by Crippen LogP contribution is 2.23. The molecule has 9 nitrogen and oxygen atoms in total. The van der Waals surface area contributed by atoms with E-state index in [0.717, 1.165) is 11.4 Å². The van der Waals surface area contributed by atoms with E-state index in [4.69, 9.17) is 9.26 Å². The average molecular weight is 399 g/mol. The van der Waals surface area contributed by atoms with E-state index in [1.807, 2.05) is 0 Å². The molecule has 10 heteroatoms. The van der Waals surface area contributed by atoms with Crippen LogP contribution in [0.1, 0.15) is 23.7 Å². The summed E-state index contributed by atoms with van der Waals surface area (Å²) in [4.78, 5) is 37.7. The highest BCUT2D eigenvalue weighted by atomic mass is 19.1. The lowest BCUT2D eigenvalue weighted by molar-refractivity contribution is -0.154. The number of H-pyrrole nitrogens is 1. The Bertz CT molecular complexity index is 1050. The van der Waals surface area contributed by atoms with E-state index in [0.29, 0.717) is 0 Å². The lowest BCUT2D eigenvalue weighted by Crippen LogP contribution is -2.49. The maximum absolute atomic E-state index is 13.9. The Morgan fingerprint density at radius 1 is 1.38 bits per heavy atom. The van der Waals surface area contributed by atoms with Crippen molar-refractivity contribution in [3.8, 4) is 11.4 Å². The summed E-state index contributed by atoms with van der Waals surface area (Å²) < 4.78 is 23.8. The van der Waals surface area contributed by atoms with Gasteiger partial charge in [-0.3, -0.25) is 4.79 Å². The van der Waals surface area contributed by atoms with Gasteiger partial charge in [0.15, 0.2) is 0 Å². The van der Waals surface area contributed by atoms with Crippen LogP contribution < -0.4 is 0 Å². The molecule has 0 aliphatic carbocycles. The Morgan fingerprint density at radius 3 is 3.00 bits per heavy atom. The second-order valence-corrected chi connectivity index (χ2v) is 6.58. The van der Waals surface area contributed by atoms with Crippen LogP contribution in [0, 0.1) is 5.82 Å². The van der Waals surface area contributed by atoms with Gasteiger partial charge in [0.2, 0.25) is 17.6 Å². The average Bonchev–Trinajstić information content (AvgIpc) is 3.39. The largest absolute Gasteiger partial charge is 0.467 e. The minimum absolute atomic E-state index is 0.0515. The number of hydrogen-bond acceptors (Lipinski definition) is 7. The molecule has 1 atom stereocenters. The van der Waals surface area contributed by atoms with Crippen LogP contribution in [0.3, 0.4) is 0 Å². The van der Waals surface area contributed by atoms with E-state index in [2.05, 4.69) is 20.1 Å². The fraction of sp³-hybridized carbons (Fsp3) is 0.316. The molecule has 1 aromatic carbocycles. The summed E-state index contributed by atoms with van der Waals surface area (Å²) in [5.41, 5.74) is 1.76. The number of carbonyl (C=O) groups is 2. The van der Waals surface area contributed by atoms with Crippen molar-refractivity contribution in [2.75, 3.05) is 7.11 Å². The number of aromatic nitrogens is 4. The molecule has 1 aliphatic rings. The van der Waals surface area contributed by atoms with Crippen LogP contribution in [0.25, 0.3) is 11.4 Å². The first-order valence-electron chi connectivity index (χ1n) is 9.02. The van der Waals surface area contributed by atoms with Gasteiger partial charge in [-0.25, -0.2) is 14.2 Å². The zero-order valence-electron chi connectivity index (χ0n) is 15.6. The van der Waals surface area contributed by atoms with Gasteiger partial charge in [-0.05, 0) is 12.1 Å². The SMILES string of the molecule is COC(=O)[C@@H]1Cc2nc[nH]c2CN1C(=O)CCc1nc(-c2ccccc2F)no1. The van der Waals surface area contributed by atoms with Gasteiger partial charge < -0.3 is 19.1 Å². The molecule has 0 radical (unpaired) electrons. The second-order valence-electron chi connectivity index (χ2n) is 6.58. The van der Waals surface area contributed by atoms with Crippen LogP contribution in [0.15, 0.2) is 35.1 Å². The summed E-state index contributed by atoms with van der Waals surface area (Å²) >= 11 is 0. The van der Waals surface area contributed by atoms with Gasteiger partial charge in [0, 0.05) is 19.3 Å². The zero-order valence-corrected chi connectivity index (χ0v) is 15.6. The summed E-state index contributed by atoms with van der Waals surface area (Å²) in [5.74, 6) is -0.873. The number of nitrogens with one attached hydrogen (secondary N) is 1. The molecule has 1 N–H and O–H groups in total. The Balaban J connectivity index is 1.45. The van der Waals surface area contributed by atoms with E-state index in [-0.39, 0.29) is 49.0 Å². The summed E-state index contributed by atoms with van der Waals surface area (Å²) in [6.45, 7) is 0.234. The zero-order chi connectivity index (χ0) is 20.4. The third-order valence-corrected chi connectivity index (χ3v) is 4.83. The van der Waals surface area contributed by atoms with Crippen LogP contribution in [-0.2, 0) is 33.7 Å². The molecule has 0 unspecified atom stereocenters. The van der Waals surface area contributed by atoms with E-state index in [1.54, 1.807) is 18.2 Å². The van der Waals surface area contributed by atoms with Crippen molar-refractivity contribution in [3.05, 3.63) is 53.7 Å². The van der Waals surface area contributed by atoms with Crippen molar-refractivity contribution in [1.82, 2.24) is 25.0 Å².